The molecule has 0 radical (unpaired) electrons. The molecule has 2 fully saturated rings. The third-order valence-electron chi connectivity index (χ3n) is 5.15. The maximum absolute atomic E-state index is 12.0. The van der Waals surface area contributed by atoms with E-state index in [1.165, 1.54) is 51.4 Å². The summed E-state index contributed by atoms with van der Waals surface area (Å²) in [7, 11) is 0. The molecule has 20 heavy (non-hydrogen) atoms. The van der Waals surface area contributed by atoms with Gasteiger partial charge in [-0.15, -0.1) is 0 Å². The van der Waals surface area contributed by atoms with Gasteiger partial charge in [0.1, 0.15) is 0 Å². The predicted molar refractivity (Wildman–Crippen MR) is 83.6 cm³/mol. The number of carbonyl (C=O) groups excluding carboxylic acids is 1. The number of nitrogens with one attached hydrogen (secondary N) is 2. The Bertz CT molecular complexity index is 279. The Hall–Kier alpha value is -0.570. The minimum absolute atomic E-state index is 0.294. The molecule has 0 unspecified atom stereocenters. The minimum atomic E-state index is 0.294. The molecule has 0 bridgehead atoms. The van der Waals surface area contributed by atoms with Gasteiger partial charge in [-0.05, 0) is 69.9 Å². The molecule has 2 N–H and O–H groups in total. The molecule has 1 heterocycles. The zero-order valence-corrected chi connectivity index (χ0v) is 13.1. The van der Waals surface area contributed by atoms with Crippen LogP contribution in [0.15, 0.2) is 0 Å². The lowest BCUT2D eigenvalue weighted by molar-refractivity contribution is -0.122. The second-order valence-electron chi connectivity index (χ2n) is 6.81. The Morgan fingerprint density at radius 2 is 1.65 bits per heavy atom. The van der Waals surface area contributed by atoms with E-state index < -0.39 is 0 Å². The first-order valence-electron chi connectivity index (χ1n) is 8.78. The average molecular weight is 280 g/mol. The molecule has 1 aliphatic heterocycles. The van der Waals surface area contributed by atoms with Gasteiger partial charge in [-0.1, -0.05) is 19.8 Å². The SMILES string of the molecule is CCCC1CCC(NC(=O)CCC2CCNCC2)CC1. The number of hydrogen-bond donors (Lipinski definition) is 2. The molecule has 0 aromatic carbocycles. The van der Waals surface area contributed by atoms with Crippen molar-refractivity contribution in [1.29, 1.82) is 0 Å². The van der Waals surface area contributed by atoms with E-state index in [4.69, 9.17) is 0 Å². The fourth-order valence-electron chi connectivity index (χ4n) is 3.81. The van der Waals surface area contributed by atoms with Crippen molar-refractivity contribution in [1.82, 2.24) is 10.6 Å². The molecular formula is C17H32N2O. The first-order chi connectivity index (χ1) is 9.78. The van der Waals surface area contributed by atoms with Crippen molar-refractivity contribution in [2.24, 2.45) is 11.8 Å². The Morgan fingerprint density at radius 3 is 2.30 bits per heavy atom. The van der Waals surface area contributed by atoms with Gasteiger partial charge in [0.25, 0.3) is 0 Å². The van der Waals surface area contributed by atoms with E-state index >= 15 is 0 Å². The molecule has 0 spiro atoms. The molecule has 2 rings (SSSR count). The van der Waals surface area contributed by atoms with Crippen LogP contribution in [0, 0.1) is 11.8 Å². The van der Waals surface area contributed by atoms with Gasteiger partial charge in [-0.25, -0.2) is 0 Å². The Labute approximate surface area is 124 Å². The zero-order chi connectivity index (χ0) is 14.2. The van der Waals surface area contributed by atoms with E-state index in [1.807, 2.05) is 0 Å². The zero-order valence-electron chi connectivity index (χ0n) is 13.1. The molecule has 0 aromatic rings. The fourth-order valence-corrected chi connectivity index (χ4v) is 3.81. The molecule has 1 saturated heterocycles. The first-order valence-corrected chi connectivity index (χ1v) is 8.78. The minimum Gasteiger partial charge on any atom is -0.353 e. The summed E-state index contributed by atoms with van der Waals surface area (Å²) in [4.78, 5) is 12.0. The number of carbonyl (C=O) groups is 1. The molecule has 3 nitrogen and oxygen atoms in total. The Morgan fingerprint density at radius 1 is 1.00 bits per heavy atom. The van der Waals surface area contributed by atoms with Gasteiger partial charge in [-0.2, -0.15) is 0 Å². The number of amides is 1. The lowest BCUT2D eigenvalue weighted by atomic mass is 9.83. The van der Waals surface area contributed by atoms with E-state index in [9.17, 15) is 4.79 Å². The largest absolute Gasteiger partial charge is 0.353 e. The second kappa shape index (κ2) is 8.66. The van der Waals surface area contributed by atoms with Crippen LogP contribution in [0.25, 0.3) is 0 Å². The quantitative estimate of drug-likeness (QED) is 0.784. The number of rotatable bonds is 6. The smallest absolute Gasteiger partial charge is 0.220 e. The summed E-state index contributed by atoms with van der Waals surface area (Å²) in [6.07, 6.45) is 12.0. The molecule has 1 saturated carbocycles. The van der Waals surface area contributed by atoms with Crippen molar-refractivity contribution < 1.29 is 4.79 Å². The van der Waals surface area contributed by atoms with E-state index in [1.54, 1.807) is 0 Å². The maximum atomic E-state index is 12.0. The van der Waals surface area contributed by atoms with Gasteiger partial charge in [0.2, 0.25) is 5.91 Å². The summed E-state index contributed by atoms with van der Waals surface area (Å²) >= 11 is 0. The highest BCUT2D eigenvalue weighted by Crippen LogP contribution is 2.27. The molecule has 3 heteroatoms. The topological polar surface area (TPSA) is 41.1 Å². The summed E-state index contributed by atoms with van der Waals surface area (Å²) in [6.45, 7) is 4.54. The standard InChI is InChI=1S/C17H32N2O/c1-2-3-14-4-7-16(8-5-14)19-17(20)9-6-15-10-12-18-13-11-15/h14-16,18H,2-13H2,1H3,(H,19,20). The highest BCUT2D eigenvalue weighted by Gasteiger charge is 2.22. The number of piperidine rings is 1. The van der Waals surface area contributed by atoms with Gasteiger partial charge in [-0.3, -0.25) is 4.79 Å². The molecule has 1 aliphatic carbocycles. The summed E-state index contributed by atoms with van der Waals surface area (Å²) in [5.74, 6) is 1.98. The highest BCUT2D eigenvalue weighted by atomic mass is 16.1. The van der Waals surface area contributed by atoms with E-state index in [0.717, 1.165) is 37.8 Å². The second-order valence-corrected chi connectivity index (χ2v) is 6.81. The maximum Gasteiger partial charge on any atom is 0.220 e. The lowest BCUT2D eigenvalue weighted by Gasteiger charge is -2.29. The molecule has 0 aromatic heterocycles. The molecular weight excluding hydrogens is 248 g/mol. The number of hydrogen-bond acceptors (Lipinski definition) is 2. The van der Waals surface area contributed by atoms with Crippen LogP contribution in [-0.4, -0.2) is 25.0 Å². The van der Waals surface area contributed by atoms with Crippen molar-refractivity contribution in [2.75, 3.05) is 13.1 Å². The van der Waals surface area contributed by atoms with E-state index in [2.05, 4.69) is 17.6 Å². The van der Waals surface area contributed by atoms with Crippen molar-refractivity contribution in [3.8, 4) is 0 Å². The van der Waals surface area contributed by atoms with Crippen molar-refractivity contribution >= 4 is 5.91 Å². The lowest BCUT2D eigenvalue weighted by Crippen LogP contribution is -2.38. The van der Waals surface area contributed by atoms with Crippen LogP contribution < -0.4 is 10.6 Å². The first kappa shape index (κ1) is 15.8. The van der Waals surface area contributed by atoms with Gasteiger partial charge < -0.3 is 10.6 Å². The molecule has 0 atom stereocenters. The van der Waals surface area contributed by atoms with Crippen molar-refractivity contribution in [3.63, 3.8) is 0 Å². The summed E-state index contributed by atoms with van der Waals surface area (Å²) in [6, 6.07) is 0.462. The van der Waals surface area contributed by atoms with Gasteiger partial charge in [0.05, 0.1) is 0 Å². The predicted octanol–water partition coefficient (Wildman–Crippen LogP) is 3.24. The van der Waals surface area contributed by atoms with Crippen LogP contribution >= 0.6 is 0 Å². The van der Waals surface area contributed by atoms with E-state index in [0.29, 0.717) is 11.9 Å². The van der Waals surface area contributed by atoms with Crippen LogP contribution in [0.5, 0.6) is 0 Å². The summed E-state index contributed by atoms with van der Waals surface area (Å²) in [5, 5.41) is 6.65. The van der Waals surface area contributed by atoms with E-state index in [-0.39, 0.29) is 0 Å². The van der Waals surface area contributed by atoms with Crippen LogP contribution in [0.1, 0.15) is 71.1 Å². The average Bonchev–Trinajstić information content (AvgIpc) is 2.49. The Kier molecular flexibility index (Phi) is 6.85. The monoisotopic (exact) mass is 280 g/mol. The van der Waals surface area contributed by atoms with Gasteiger partial charge in [0.15, 0.2) is 0 Å². The third-order valence-corrected chi connectivity index (χ3v) is 5.15. The van der Waals surface area contributed by atoms with Crippen molar-refractivity contribution in [3.05, 3.63) is 0 Å². The molecule has 1 amide bonds. The molecule has 116 valence electrons. The van der Waals surface area contributed by atoms with Crippen LogP contribution in [0.3, 0.4) is 0 Å². The van der Waals surface area contributed by atoms with Gasteiger partial charge in [0, 0.05) is 12.5 Å². The van der Waals surface area contributed by atoms with Crippen LogP contribution in [0.4, 0.5) is 0 Å². The Balaban J connectivity index is 1.57. The highest BCUT2D eigenvalue weighted by molar-refractivity contribution is 5.76. The van der Waals surface area contributed by atoms with Crippen LogP contribution in [-0.2, 0) is 4.79 Å². The van der Waals surface area contributed by atoms with Crippen molar-refractivity contribution in [2.45, 2.75) is 77.2 Å². The summed E-state index contributed by atoms with van der Waals surface area (Å²) in [5.41, 5.74) is 0. The van der Waals surface area contributed by atoms with Gasteiger partial charge >= 0.3 is 0 Å². The molecule has 2 aliphatic rings. The summed E-state index contributed by atoms with van der Waals surface area (Å²) < 4.78 is 0. The normalized spacial score (nSPS) is 28.2. The third kappa shape index (κ3) is 5.43. The fraction of sp³-hybridized carbons (Fsp3) is 0.941. The van der Waals surface area contributed by atoms with Crippen LogP contribution in [0.2, 0.25) is 0 Å².